The zero-order valence-electron chi connectivity index (χ0n) is 11.0. The molecule has 20 heavy (non-hydrogen) atoms. The topological polar surface area (TPSA) is 81.4 Å². The maximum atomic E-state index is 12.1. The van der Waals surface area contributed by atoms with E-state index in [2.05, 4.69) is 20.7 Å². The molecule has 0 heterocycles. The molecule has 0 radical (unpaired) electrons. The fraction of sp³-hybridized carbons (Fsp3) is 0.455. The Hall–Kier alpha value is -0.0500. The summed E-state index contributed by atoms with van der Waals surface area (Å²) in [5.74, 6) is 0.406. The van der Waals surface area contributed by atoms with Crippen molar-refractivity contribution in [3.05, 3.63) is 21.6 Å². The van der Waals surface area contributed by atoms with Gasteiger partial charge < -0.3 is 10.5 Å². The molecule has 0 aliphatic heterocycles. The van der Waals surface area contributed by atoms with Crippen molar-refractivity contribution < 1.29 is 13.2 Å². The summed E-state index contributed by atoms with van der Waals surface area (Å²) in [6, 6.07) is 2.80. The summed E-state index contributed by atoms with van der Waals surface area (Å²) in [6.45, 7) is 2.09. The Bertz CT molecular complexity index is 553. The standard InChI is InChI=1S/C11H16BrClN2O3S.ClH/c1-7(14)3-4-15-19(16,17)11-6-9(13)10(18-2)5-8(11)12;/h5-7,15H,3-4,14H2,1-2H3;1H. The molecule has 0 spiro atoms. The van der Waals surface area contributed by atoms with Crippen LogP contribution in [0.15, 0.2) is 21.5 Å². The molecule has 1 rings (SSSR count). The molecular formula is C11H17BrCl2N2O3S. The molecule has 1 unspecified atom stereocenters. The van der Waals surface area contributed by atoms with Gasteiger partial charge in [-0.25, -0.2) is 13.1 Å². The van der Waals surface area contributed by atoms with E-state index in [0.29, 0.717) is 16.6 Å². The molecule has 1 atom stereocenters. The third-order valence-corrected chi connectivity index (χ3v) is 5.10. The number of nitrogens with one attached hydrogen (secondary N) is 1. The smallest absolute Gasteiger partial charge is 0.241 e. The average molecular weight is 408 g/mol. The van der Waals surface area contributed by atoms with Gasteiger partial charge >= 0.3 is 0 Å². The summed E-state index contributed by atoms with van der Waals surface area (Å²) >= 11 is 9.13. The van der Waals surface area contributed by atoms with E-state index in [1.54, 1.807) is 0 Å². The molecule has 3 N–H and O–H groups in total. The van der Waals surface area contributed by atoms with Crippen LogP contribution in [0.1, 0.15) is 13.3 Å². The van der Waals surface area contributed by atoms with E-state index in [1.807, 2.05) is 6.92 Å². The van der Waals surface area contributed by atoms with Crippen LogP contribution in [-0.2, 0) is 10.0 Å². The second-order valence-electron chi connectivity index (χ2n) is 4.08. The average Bonchev–Trinajstić information content (AvgIpc) is 2.30. The van der Waals surface area contributed by atoms with Gasteiger partial charge in [-0.15, -0.1) is 12.4 Å². The lowest BCUT2D eigenvalue weighted by atomic mass is 10.3. The number of hydrogen-bond acceptors (Lipinski definition) is 4. The Labute approximate surface area is 138 Å². The summed E-state index contributed by atoms with van der Waals surface area (Å²) in [4.78, 5) is 0.0722. The number of benzene rings is 1. The highest BCUT2D eigenvalue weighted by molar-refractivity contribution is 9.10. The van der Waals surface area contributed by atoms with Crippen LogP contribution < -0.4 is 15.2 Å². The number of nitrogens with two attached hydrogens (primary N) is 1. The molecule has 0 saturated heterocycles. The number of hydrogen-bond donors (Lipinski definition) is 2. The van der Waals surface area contributed by atoms with E-state index in [9.17, 15) is 8.42 Å². The highest BCUT2D eigenvalue weighted by Gasteiger charge is 2.19. The molecule has 0 bridgehead atoms. The van der Waals surface area contributed by atoms with Gasteiger partial charge in [0.05, 0.1) is 17.0 Å². The minimum Gasteiger partial charge on any atom is -0.495 e. The molecule has 1 aromatic rings. The van der Waals surface area contributed by atoms with Crippen LogP contribution in [-0.4, -0.2) is 28.1 Å². The molecule has 5 nitrogen and oxygen atoms in total. The lowest BCUT2D eigenvalue weighted by molar-refractivity contribution is 0.414. The predicted octanol–water partition coefficient (Wildman–Crippen LogP) is 2.55. The van der Waals surface area contributed by atoms with Crippen LogP contribution in [0.5, 0.6) is 5.75 Å². The predicted molar refractivity (Wildman–Crippen MR) is 86.4 cm³/mol. The Morgan fingerprint density at radius 3 is 2.60 bits per heavy atom. The molecule has 9 heteroatoms. The van der Waals surface area contributed by atoms with Crippen LogP contribution in [0.2, 0.25) is 5.02 Å². The van der Waals surface area contributed by atoms with Crippen LogP contribution in [0.3, 0.4) is 0 Å². The van der Waals surface area contributed by atoms with Gasteiger partial charge in [0.1, 0.15) is 5.75 Å². The molecule has 0 fully saturated rings. The zero-order valence-corrected chi connectivity index (χ0v) is 15.0. The van der Waals surface area contributed by atoms with Crippen molar-refractivity contribution in [1.82, 2.24) is 4.72 Å². The Balaban J connectivity index is 0.00000361. The van der Waals surface area contributed by atoms with Crippen molar-refractivity contribution in [3.8, 4) is 5.75 Å². The molecule has 1 aromatic carbocycles. The molecule has 0 aromatic heterocycles. The molecule has 0 aliphatic rings. The van der Waals surface area contributed by atoms with Crippen molar-refractivity contribution in [2.75, 3.05) is 13.7 Å². The quantitative estimate of drug-likeness (QED) is 0.759. The normalized spacial score (nSPS) is 12.7. The highest BCUT2D eigenvalue weighted by atomic mass is 79.9. The van der Waals surface area contributed by atoms with Crippen LogP contribution in [0.25, 0.3) is 0 Å². The fourth-order valence-electron chi connectivity index (χ4n) is 1.37. The van der Waals surface area contributed by atoms with Crippen LogP contribution >= 0.6 is 39.9 Å². The van der Waals surface area contributed by atoms with Gasteiger partial charge in [0.15, 0.2) is 0 Å². The van der Waals surface area contributed by atoms with E-state index in [-0.39, 0.29) is 34.9 Å². The van der Waals surface area contributed by atoms with Gasteiger partial charge in [-0.1, -0.05) is 11.6 Å². The largest absolute Gasteiger partial charge is 0.495 e. The molecule has 0 saturated carbocycles. The minimum atomic E-state index is -3.63. The first kappa shape index (κ1) is 19.9. The van der Waals surface area contributed by atoms with Gasteiger partial charge in [0.25, 0.3) is 0 Å². The zero-order chi connectivity index (χ0) is 14.6. The third kappa shape index (κ3) is 5.38. The molecule has 0 amide bonds. The fourth-order valence-corrected chi connectivity index (χ4v) is 3.77. The first-order valence-electron chi connectivity index (χ1n) is 5.56. The van der Waals surface area contributed by atoms with Crippen LogP contribution in [0, 0.1) is 0 Å². The first-order chi connectivity index (χ1) is 8.77. The van der Waals surface area contributed by atoms with Gasteiger partial charge in [-0.05, 0) is 41.4 Å². The van der Waals surface area contributed by atoms with Gasteiger partial charge in [0, 0.05) is 17.1 Å². The Morgan fingerprint density at radius 2 is 2.10 bits per heavy atom. The van der Waals surface area contributed by atoms with Crippen molar-refractivity contribution in [1.29, 1.82) is 0 Å². The minimum absolute atomic E-state index is 0. The summed E-state index contributed by atoms with van der Waals surface area (Å²) in [5.41, 5.74) is 5.57. The Morgan fingerprint density at radius 1 is 1.50 bits per heavy atom. The van der Waals surface area contributed by atoms with Crippen molar-refractivity contribution in [3.63, 3.8) is 0 Å². The second kappa shape index (κ2) is 8.41. The SMILES string of the molecule is COc1cc(Br)c(S(=O)(=O)NCCC(C)N)cc1Cl.Cl. The Kier molecular flexibility index (Phi) is 8.39. The highest BCUT2D eigenvalue weighted by Crippen LogP contribution is 2.33. The van der Waals surface area contributed by atoms with Crippen molar-refractivity contribution in [2.24, 2.45) is 5.73 Å². The lowest BCUT2D eigenvalue weighted by Crippen LogP contribution is -2.29. The number of ether oxygens (including phenoxy) is 1. The van der Waals surface area contributed by atoms with E-state index >= 15 is 0 Å². The van der Waals surface area contributed by atoms with E-state index in [1.165, 1.54) is 19.2 Å². The van der Waals surface area contributed by atoms with E-state index < -0.39 is 10.0 Å². The van der Waals surface area contributed by atoms with Gasteiger partial charge in [-0.3, -0.25) is 0 Å². The van der Waals surface area contributed by atoms with Crippen molar-refractivity contribution >= 4 is 50.0 Å². The molecule has 116 valence electrons. The van der Waals surface area contributed by atoms with Crippen molar-refractivity contribution in [2.45, 2.75) is 24.3 Å². The second-order valence-corrected chi connectivity index (χ2v) is 7.08. The maximum Gasteiger partial charge on any atom is 0.241 e. The number of rotatable bonds is 6. The number of sulfonamides is 1. The van der Waals surface area contributed by atoms with Gasteiger partial charge in [0.2, 0.25) is 10.0 Å². The van der Waals surface area contributed by atoms with Gasteiger partial charge in [-0.2, -0.15) is 0 Å². The lowest BCUT2D eigenvalue weighted by Gasteiger charge is -2.11. The molecular weight excluding hydrogens is 391 g/mol. The summed E-state index contributed by atoms with van der Waals surface area (Å²) in [7, 11) is -2.17. The maximum absolute atomic E-state index is 12.1. The summed E-state index contributed by atoms with van der Waals surface area (Å²) in [5, 5.41) is 0.235. The summed E-state index contributed by atoms with van der Waals surface area (Å²) in [6.07, 6.45) is 0.556. The number of methoxy groups -OCH3 is 1. The monoisotopic (exact) mass is 406 g/mol. The first-order valence-corrected chi connectivity index (χ1v) is 8.21. The van der Waals surface area contributed by atoms with E-state index in [0.717, 1.165) is 0 Å². The van der Waals surface area contributed by atoms with E-state index in [4.69, 9.17) is 22.1 Å². The summed E-state index contributed by atoms with van der Waals surface area (Å²) < 4.78 is 32.1. The third-order valence-electron chi connectivity index (χ3n) is 2.39. The van der Waals surface area contributed by atoms with Crippen LogP contribution in [0.4, 0.5) is 0 Å². The number of halogens is 3. The molecule has 0 aliphatic carbocycles.